The fraction of sp³-hybridized carbons (Fsp3) is 0.300. The van der Waals surface area contributed by atoms with Gasteiger partial charge in [0.2, 0.25) is 0 Å². The number of hydrogen-bond acceptors (Lipinski definition) is 7. The Kier molecular flexibility index (Phi) is 4.29. The maximum absolute atomic E-state index is 5.31. The predicted octanol–water partition coefficient (Wildman–Crippen LogP) is 2.07. The first-order valence-electron chi connectivity index (χ1n) is 5.18. The van der Waals surface area contributed by atoms with E-state index in [4.69, 9.17) is 5.84 Å². The maximum Gasteiger partial charge on any atom is 0.170 e. The fourth-order valence-electron chi connectivity index (χ4n) is 1.23. The van der Waals surface area contributed by atoms with Crippen molar-refractivity contribution < 1.29 is 0 Å². The Balaban J connectivity index is 1.96. The third-order valence-corrected chi connectivity index (χ3v) is 4.04. The number of thioether (sulfide) groups is 1. The second-order valence-electron chi connectivity index (χ2n) is 3.31. The Bertz CT molecular complexity index is 485. The molecule has 2 aromatic rings. The summed E-state index contributed by atoms with van der Waals surface area (Å²) in [7, 11) is 0. The minimum absolute atomic E-state index is 0.676. The molecule has 0 saturated carbocycles. The number of rotatable bonds is 5. The van der Waals surface area contributed by atoms with Gasteiger partial charge in [0.05, 0.1) is 0 Å². The number of aryl methyl sites for hydroxylation is 1. The molecule has 0 aromatic carbocycles. The van der Waals surface area contributed by atoms with Crippen LogP contribution in [0.2, 0.25) is 0 Å². The smallest absolute Gasteiger partial charge is 0.170 e. The molecule has 0 aliphatic carbocycles. The molecule has 3 N–H and O–H groups in total. The first kappa shape index (κ1) is 12.3. The number of anilines is 1. The van der Waals surface area contributed by atoms with Crippen molar-refractivity contribution in [2.45, 2.75) is 23.4 Å². The molecule has 0 amide bonds. The molecule has 0 aliphatic rings. The average molecular weight is 267 g/mol. The molecule has 17 heavy (non-hydrogen) atoms. The van der Waals surface area contributed by atoms with Gasteiger partial charge in [0, 0.05) is 18.4 Å². The van der Waals surface area contributed by atoms with E-state index in [1.54, 1.807) is 18.0 Å². The molecular weight excluding hydrogens is 254 g/mol. The van der Waals surface area contributed by atoms with Crippen molar-refractivity contribution in [1.82, 2.24) is 14.3 Å². The Morgan fingerprint density at radius 1 is 1.53 bits per heavy atom. The van der Waals surface area contributed by atoms with Crippen LogP contribution in [0.4, 0.5) is 5.82 Å². The molecule has 2 heterocycles. The number of hydrazine groups is 1. The summed E-state index contributed by atoms with van der Waals surface area (Å²) in [5.74, 6) is 7.74. The van der Waals surface area contributed by atoms with E-state index in [2.05, 4.69) is 26.7 Å². The Labute approximate surface area is 108 Å². The number of nitrogens with zero attached hydrogens (tertiary/aromatic N) is 3. The number of nitrogens with two attached hydrogens (primary N) is 1. The first-order valence-corrected chi connectivity index (χ1v) is 6.94. The Morgan fingerprint density at radius 2 is 2.41 bits per heavy atom. The lowest BCUT2D eigenvalue weighted by atomic mass is 10.3. The first-order chi connectivity index (χ1) is 8.31. The van der Waals surface area contributed by atoms with Gasteiger partial charge in [0.25, 0.3) is 0 Å². The van der Waals surface area contributed by atoms with Gasteiger partial charge < -0.3 is 5.43 Å². The van der Waals surface area contributed by atoms with E-state index in [0.29, 0.717) is 5.82 Å². The van der Waals surface area contributed by atoms with Crippen LogP contribution in [0.5, 0.6) is 0 Å². The monoisotopic (exact) mass is 267 g/mol. The lowest BCUT2D eigenvalue weighted by Crippen LogP contribution is -2.08. The van der Waals surface area contributed by atoms with Crippen molar-refractivity contribution in [2.24, 2.45) is 5.84 Å². The molecule has 90 valence electrons. The summed E-state index contributed by atoms with van der Waals surface area (Å²) in [5, 5.41) is 0. The van der Waals surface area contributed by atoms with Crippen molar-refractivity contribution in [1.29, 1.82) is 0 Å². The van der Waals surface area contributed by atoms with Crippen LogP contribution < -0.4 is 11.3 Å². The van der Waals surface area contributed by atoms with E-state index in [1.165, 1.54) is 11.5 Å². The highest BCUT2D eigenvalue weighted by molar-refractivity contribution is 8.00. The third-order valence-electron chi connectivity index (χ3n) is 2.10. The minimum atomic E-state index is 0.676. The SMILES string of the molecule is CCc1nsc(SCc2ccnc(NN)c2)n1. The number of aromatic nitrogens is 3. The summed E-state index contributed by atoms with van der Waals surface area (Å²) in [6, 6.07) is 3.89. The van der Waals surface area contributed by atoms with Gasteiger partial charge in [0.1, 0.15) is 11.6 Å². The molecule has 0 unspecified atom stereocenters. The molecule has 7 heteroatoms. The van der Waals surface area contributed by atoms with Gasteiger partial charge in [-0.3, -0.25) is 0 Å². The van der Waals surface area contributed by atoms with Gasteiger partial charge in [-0.25, -0.2) is 15.8 Å². The van der Waals surface area contributed by atoms with Crippen molar-refractivity contribution in [2.75, 3.05) is 5.43 Å². The van der Waals surface area contributed by atoms with Crippen molar-refractivity contribution in [3.05, 3.63) is 29.7 Å². The highest BCUT2D eigenvalue weighted by Crippen LogP contribution is 2.24. The largest absolute Gasteiger partial charge is 0.308 e. The van der Waals surface area contributed by atoms with Crippen LogP contribution in [0.3, 0.4) is 0 Å². The highest BCUT2D eigenvalue weighted by Gasteiger charge is 2.04. The van der Waals surface area contributed by atoms with E-state index in [-0.39, 0.29) is 0 Å². The second-order valence-corrected chi connectivity index (χ2v) is 5.29. The van der Waals surface area contributed by atoms with Gasteiger partial charge in [-0.15, -0.1) is 0 Å². The van der Waals surface area contributed by atoms with E-state index < -0.39 is 0 Å². The number of nitrogens with one attached hydrogen (secondary N) is 1. The summed E-state index contributed by atoms with van der Waals surface area (Å²) in [6.07, 6.45) is 2.62. The van der Waals surface area contributed by atoms with Crippen LogP contribution in [-0.2, 0) is 12.2 Å². The lowest BCUT2D eigenvalue weighted by molar-refractivity contribution is 0.971. The Hall–Kier alpha value is -1.18. The fourth-order valence-corrected chi connectivity index (χ4v) is 2.87. The van der Waals surface area contributed by atoms with Crippen LogP contribution in [0.25, 0.3) is 0 Å². The summed E-state index contributed by atoms with van der Waals surface area (Å²) < 4.78 is 5.25. The van der Waals surface area contributed by atoms with E-state index in [9.17, 15) is 0 Å². The van der Waals surface area contributed by atoms with E-state index in [0.717, 1.165) is 27.9 Å². The molecule has 2 rings (SSSR count). The maximum atomic E-state index is 5.31. The van der Waals surface area contributed by atoms with Gasteiger partial charge in [-0.05, 0) is 29.2 Å². The molecule has 2 aromatic heterocycles. The summed E-state index contributed by atoms with van der Waals surface area (Å²) in [5.41, 5.74) is 3.69. The zero-order chi connectivity index (χ0) is 12.1. The Morgan fingerprint density at radius 3 is 3.12 bits per heavy atom. The van der Waals surface area contributed by atoms with E-state index in [1.807, 2.05) is 12.1 Å². The van der Waals surface area contributed by atoms with Crippen molar-refractivity contribution >= 4 is 29.1 Å². The lowest BCUT2D eigenvalue weighted by Gasteiger charge is -2.01. The molecule has 0 aliphatic heterocycles. The predicted molar refractivity (Wildman–Crippen MR) is 70.9 cm³/mol. The molecular formula is C10H13N5S2. The molecule has 0 bridgehead atoms. The van der Waals surface area contributed by atoms with Gasteiger partial charge in [0.15, 0.2) is 4.34 Å². The second kappa shape index (κ2) is 5.95. The zero-order valence-electron chi connectivity index (χ0n) is 9.38. The van der Waals surface area contributed by atoms with Gasteiger partial charge >= 0.3 is 0 Å². The van der Waals surface area contributed by atoms with Crippen LogP contribution in [0, 0.1) is 0 Å². The van der Waals surface area contributed by atoms with Crippen molar-refractivity contribution in [3.8, 4) is 0 Å². The minimum Gasteiger partial charge on any atom is -0.308 e. The molecule has 0 saturated heterocycles. The molecule has 0 atom stereocenters. The standard InChI is InChI=1S/C10H13N5S2/c1-2-8-13-10(17-15-8)16-6-7-3-4-12-9(5-7)14-11/h3-5H,2,6,11H2,1H3,(H,12,14). The van der Waals surface area contributed by atoms with Crippen LogP contribution in [0.1, 0.15) is 18.3 Å². The molecule has 0 fully saturated rings. The number of hydrogen-bond donors (Lipinski definition) is 2. The number of nitrogen functional groups attached to an aromatic ring is 1. The number of pyridine rings is 1. The van der Waals surface area contributed by atoms with Gasteiger partial charge in [-0.1, -0.05) is 18.7 Å². The highest BCUT2D eigenvalue weighted by atomic mass is 32.2. The average Bonchev–Trinajstić information content (AvgIpc) is 2.84. The quantitative estimate of drug-likeness (QED) is 0.490. The van der Waals surface area contributed by atoms with Crippen LogP contribution in [-0.4, -0.2) is 14.3 Å². The van der Waals surface area contributed by atoms with Crippen molar-refractivity contribution in [3.63, 3.8) is 0 Å². The summed E-state index contributed by atoms with van der Waals surface area (Å²) in [6.45, 7) is 2.05. The normalized spacial score (nSPS) is 10.5. The zero-order valence-corrected chi connectivity index (χ0v) is 11.0. The van der Waals surface area contributed by atoms with Crippen LogP contribution >= 0.6 is 23.3 Å². The van der Waals surface area contributed by atoms with E-state index >= 15 is 0 Å². The molecule has 0 spiro atoms. The van der Waals surface area contributed by atoms with Gasteiger partial charge in [-0.2, -0.15) is 4.37 Å². The molecule has 0 radical (unpaired) electrons. The topological polar surface area (TPSA) is 76.7 Å². The summed E-state index contributed by atoms with van der Waals surface area (Å²) >= 11 is 3.13. The third kappa shape index (κ3) is 3.39. The van der Waals surface area contributed by atoms with Crippen LogP contribution in [0.15, 0.2) is 22.7 Å². The molecule has 5 nitrogen and oxygen atoms in total. The summed E-state index contributed by atoms with van der Waals surface area (Å²) in [4.78, 5) is 8.46.